The third-order valence-electron chi connectivity index (χ3n) is 7.85. The molecule has 2 aromatic carbocycles. The number of hydrogen-bond acceptors (Lipinski definition) is 7. The van der Waals surface area contributed by atoms with Crippen molar-refractivity contribution in [2.45, 2.75) is 31.0 Å². The summed E-state index contributed by atoms with van der Waals surface area (Å²) >= 11 is 0. The molecule has 37 heavy (non-hydrogen) atoms. The molecular formula is C28H29N3O6. The van der Waals surface area contributed by atoms with Crippen molar-refractivity contribution in [3.05, 3.63) is 67.3 Å². The van der Waals surface area contributed by atoms with Gasteiger partial charge >= 0.3 is 5.97 Å². The average molecular weight is 504 g/mol. The van der Waals surface area contributed by atoms with Gasteiger partial charge in [-0.2, -0.15) is 0 Å². The number of esters is 1. The Kier molecular flexibility index (Phi) is 6.11. The fraction of sp³-hybridized carbons (Fsp3) is 0.357. The molecule has 3 amide bonds. The lowest BCUT2D eigenvalue weighted by Crippen LogP contribution is -2.70. The molecule has 1 N–H and O–H groups in total. The van der Waals surface area contributed by atoms with Gasteiger partial charge in [0.2, 0.25) is 17.7 Å². The highest BCUT2D eigenvalue weighted by Crippen LogP contribution is 2.50. The second-order valence-corrected chi connectivity index (χ2v) is 9.74. The minimum atomic E-state index is -1.46. The molecule has 0 aliphatic carbocycles. The number of fused-ring (bicyclic) bond motifs is 1. The van der Waals surface area contributed by atoms with Gasteiger partial charge in [0.1, 0.15) is 11.3 Å². The largest absolute Gasteiger partial charge is 0.497 e. The third kappa shape index (κ3) is 3.56. The Balaban J connectivity index is 1.59. The Morgan fingerprint density at radius 3 is 2.27 bits per heavy atom. The first-order chi connectivity index (χ1) is 17.8. The van der Waals surface area contributed by atoms with Gasteiger partial charge in [-0.15, -0.1) is 6.58 Å². The molecule has 3 heterocycles. The van der Waals surface area contributed by atoms with E-state index >= 15 is 0 Å². The summed E-state index contributed by atoms with van der Waals surface area (Å²) < 4.78 is 10.3. The van der Waals surface area contributed by atoms with E-state index in [1.54, 1.807) is 79.6 Å². The molecule has 0 radical (unpaired) electrons. The van der Waals surface area contributed by atoms with E-state index in [0.717, 1.165) is 4.90 Å². The van der Waals surface area contributed by atoms with E-state index in [1.165, 1.54) is 7.11 Å². The van der Waals surface area contributed by atoms with Crippen LogP contribution in [0.25, 0.3) is 0 Å². The van der Waals surface area contributed by atoms with Crippen LogP contribution in [-0.2, 0) is 23.9 Å². The second-order valence-electron chi connectivity index (χ2n) is 9.74. The Bertz CT molecular complexity index is 1260. The van der Waals surface area contributed by atoms with Crippen LogP contribution in [0.1, 0.15) is 13.3 Å². The first-order valence-corrected chi connectivity index (χ1v) is 12.2. The number of amides is 3. The fourth-order valence-corrected chi connectivity index (χ4v) is 6.16. The van der Waals surface area contributed by atoms with Crippen LogP contribution in [0.3, 0.4) is 0 Å². The van der Waals surface area contributed by atoms with Crippen LogP contribution >= 0.6 is 0 Å². The van der Waals surface area contributed by atoms with Crippen molar-refractivity contribution in [2.75, 3.05) is 24.0 Å². The second kappa shape index (κ2) is 9.15. The number of rotatable bonds is 7. The summed E-state index contributed by atoms with van der Waals surface area (Å²) in [6.07, 6.45) is 2.07. The zero-order valence-corrected chi connectivity index (χ0v) is 20.9. The van der Waals surface area contributed by atoms with Crippen molar-refractivity contribution in [3.63, 3.8) is 0 Å². The first kappa shape index (κ1) is 24.7. The Morgan fingerprint density at radius 2 is 1.68 bits per heavy atom. The summed E-state index contributed by atoms with van der Waals surface area (Å²) in [7, 11) is 2.81. The van der Waals surface area contributed by atoms with Gasteiger partial charge in [-0.1, -0.05) is 24.3 Å². The summed E-state index contributed by atoms with van der Waals surface area (Å²) in [5.41, 5.74) is -0.376. The molecule has 0 saturated carbocycles. The molecule has 5 rings (SSSR count). The number of carbonyl (C=O) groups is 4. The molecule has 3 aliphatic heterocycles. The number of anilines is 2. The molecule has 0 unspecified atom stereocenters. The predicted octanol–water partition coefficient (Wildman–Crippen LogP) is 2.31. The molecule has 3 aliphatic rings. The number of allylic oxidation sites excluding steroid dienone is 1. The van der Waals surface area contributed by atoms with Crippen LogP contribution in [0.2, 0.25) is 0 Å². The average Bonchev–Trinajstić information content (AvgIpc) is 3.38. The molecule has 192 valence electrons. The van der Waals surface area contributed by atoms with Crippen molar-refractivity contribution in [2.24, 2.45) is 17.8 Å². The Morgan fingerprint density at radius 1 is 1.00 bits per heavy atom. The zero-order valence-electron chi connectivity index (χ0n) is 20.9. The summed E-state index contributed by atoms with van der Waals surface area (Å²) in [5.74, 6) is -3.31. The van der Waals surface area contributed by atoms with E-state index in [1.807, 2.05) is 0 Å². The topological polar surface area (TPSA) is 105 Å². The lowest BCUT2D eigenvalue weighted by molar-refractivity contribution is -0.151. The highest BCUT2D eigenvalue weighted by Gasteiger charge is 2.70. The van der Waals surface area contributed by atoms with Gasteiger partial charge in [0, 0.05) is 11.7 Å². The quantitative estimate of drug-likeness (QED) is 0.268. The number of hydrogen-bond donors (Lipinski definition) is 1. The number of imide groups is 1. The van der Waals surface area contributed by atoms with Crippen molar-refractivity contribution < 1.29 is 28.7 Å². The molecule has 6 atom stereocenters. The molecule has 0 spiro atoms. The van der Waals surface area contributed by atoms with E-state index in [0.29, 0.717) is 23.5 Å². The van der Waals surface area contributed by atoms with Gasteiger partial charge in [-0.3, -0.25) is 24.5 Å². The monoisotopic (exact) mass is 503 g/mol. The van der Waals surface area contributed by atoms with Crippen LogP contribution in [0.5, 0.6) is 5.75 Å². The van der Waals surface area contributed by atoms with Gasteiger partial charge in [0.05, 0.1) is 43.7 Å². The highest BCUT2D eigenvalue weighted by atomic mass is 16.5. The van der Waals surface area contributed by atoms with Crippen molar-refractivity contribution in [1.82, 2.24) is 5.32 Å². The summed E-state index contributed by atoms with van der Waals surface area (Å²) in [4.78, 5) is 56.8. The van der Waals surface area contributed by atoms with E-state index in [-0.39, 0.29) is 5.91 Å². The number of ether oxygens (including phenoxy) is 2. The highest BCUT2D eigenvalue weighted by molar-refractivity contribution is 6.24. The summed E-state index contributed by atoms with van der Waals surface area (Å²) in [6.45, 7) is 5.40. The van der Waals surface area contributed by atoms with Crippen LogP contribution in [0, 0.1) is 17.8 Å². The number of β-lactam (4-membered cyclic amide) rings is 1. The molecule has 0 aromatic heterocycles. The predicted molar refractivity (Wildman–Crippen MR) is 136 cm³/mol. The minimum Gasteiger partial charge on any atom is -0.497 e. The molecular weight excluding hydrogens is 474 g/mol. The first-order valence-electron chi connectivity index (χ1n) is 12.2. The van der Waals surface area contributed by atoms with Gasteiger partial charge in [-0.25, -0.2) is 4.90 Å². The molecule has 2 aromatic rings. The lowest BCUT2D eigenvalue weighted by atomic mass is 9.73. The van der Waals surface area contributed by atoms with Crippen LogP contribution in [0.15, 0.2) is 67.3 Å². The maximum Gasteiger partial charge on any atom is 0.326 e. The molecule has 0 bridgehead atoms. The summed E-state index contributed by atoms with van der Waals surface area (Å²) in [5, 5.41) is 3.29. The number of carbonyl (C=O) groups excluding carboxylic acids is 4. The van der Waals surface area contributed by atoms with Gasteiger partial charge < -0.3 is 14.4 Å². The minimum absolute atomic E-state index is 0.114. The molecule has 9 heteroatoms. The summed E-state index contributed by atoms with van der Waals surface area (Å²) in [6, 6.07) is 14.5. The maximum absolute atomic E-state index is 13.9. The van der Waals surface area contributed by atoms with Gasteiger partial charge in [0.15, 0.2) is 0 Å². The van der Waals surface area contributed by atoms with Crippen LogP contribution < -0.4 is 19.9 Å². The van der Waals surface area contributed by atoms with Crippen molar-refractivity contribution in [1.29, 1.82) is 0 Å². The standard InChI is InChI=1S/C28H29N3O6/c1-5-9-19-23(30(24(19)32)17-12-14-18(36-3)15-13-17)22-20-21(28(2,29-22)27(35)37-4)26(34)31(25(20)33)16-10-7-6-8-11-16/h5-8,10-15,19-23,29H,1,9H2,2-4H3/t19-,20+,21+,22-,23-,28+/m1/s1. The Labute approximate surface area is 215 Å². The number of benzene rings is 2. The number of nitrogens with one attached hydrogen (secondary N) is 1. The van der Waals surface area contributed by atoms with E-state index in [2.05, 4.69) is 11.9 Å². The number of para-hydroxylation sites is 1. The smallest absolute Gasteiger partial charge is 0.326 e. The molecule has 3 saturated heterocycles. The molecule has 9 nitrogen and oxygen atoms in total. The van der Waals surface area contributed by atoms with E-state index in [9.17, 15) is 19.2 Å². The maximum atomic E-state index is 13.9. The SMILES string of the molecule is C=CC[C@H]1C(=O)N(c2ccc(OC)cc2)[C@H]1[C@@H]1N[C@](C)(C(=O)OC)[C@@H]2C(=O)N(c3ccccc3)C(=O)[C@H]12. The zero-order chi connectivity index (χ0) is 26.5. The number of methoxy groups -OCH3 is 2. The lowest BCUT2D eigenvalue weighted by Gasteiger charge is -2.51. The molecule has 3 fully saturated rings. The third-order valence-corrected chi connectivity index (χ3v) is 7.85. The number of nitrogens with zero attached hydrogens (tertiary/aromatic N) is 2. The van der Waals surface area contributed by atoms with Crippen molar-refractivity contribution >= 4 is 35.1 Å². The van der Waals surface area contributed by atoms with Gasteiger partial charge in [0.25, 0.3) is 0 Å². The van der Waals surface area contributed by atoms with Crippen LogP contribution in [-0.4, -0.2) is 55.5 Å². The van der Waals surface area contributed by atoms with E-state index < -0.39 is 53.2 Å². The van der Waals surface area contributed by atoms with E-state index in [4.69, 9.17) is 9.47 Å². The normalized spacial score (nSPS) is 30.7. The fourth-order valence-electron chi connectivity index (χ4n) is 6.16. The van der Waals surface area contributed by atoms with Gasteiger partial charge in [-0.05, 0) is 49.7 Å². The van der Waals surface area contributed by atoms with Crippen LogP contribution in [0.4, 0.5) is 11.4 Å². The Hall–Kier alpha value is -3.98. The van der Waals surface area contributed by atoms with Crippen molar-refractivity contribution in [3.8, 4) is 5.75 Å².